The van der Waals surface area contributed by atoms with Crippen molar-refractivity contribution < 1.29 is 9.84 Å². The van der Waals surface area contributed by atoms with Crippen molar-refractivity contribution in [1.82, 2.24) is 19.4 Å². The molecule has 31 heavy (non-hydrogen) atoms. The third kappa shape index (κ3) is 2.95. The molecule has 2 aromatic carbocycles. The molecule has 0 aliphatic carbocycles. The van der Waals surface area contributed by atoms with Crippen LogP contribution in [0.5, 0.6) is 11.6 Å². The number of nitrogens with one attached hydrogen (secondary N) is 2. The number of para-hydroxylation sites is 1. The number of aromatic hydroxyl groups is 1. The molecule has 8 heteroatoms. The summed E-state index contributed by atoms with van der Waals surface area (Å²) in [6.07, 6.45) is 0.823. The van der Waals surface area contributed by atoms with Crippen molar-refractivity contribution in [2.24, 2.45) is 0 Å². The highest BCUT2D eigenvalue weighted by molar-refractivity contribution is 5.85. The number of H-pyrrole nitrogens is 2. The Balaban J connectivity index is 1.74. The van der Waals surface area contributed by atoms with Gasteiger partial charge in [-0.2, -0.15) is 0 Å². The lowest BCUT2D eigenvalue weighted by Gasteiger charge is -2.33. The molecule has 0 bridgehead atoms. The average molecular weight is 418 g/mol. The standard InChI is InChI=1S/C23H22N4O4/c1-26-12-11-16-15-5-3-4-6-17(15)24-19(16)20(26)18-21(28)25-23(30)27(22(18)29)13-7-9-14(31-2)10-8-13/h3-10,20,24,29H,11-12H2,1-2H3,(H,25,28,30). The van der Waals surface area contributed by atoms with Crippen LogP contribution < -0.4 is 16.0 Å². The quantitative estimate of drug-likeness (QED) is 0.474. The van der Waals surface area contributed by atoms with Crippen molar-refractivity contribution in [3.05, 3.63) is 86.2 Å². The number of hydrogen-bond donors (Lipinski definition) is 3. The van der Waals surface area contributed by atoms with E-state index in [0.29, 0.717) is 18.0 Å². The van der Waals surface area contributed by atoms with E-state index in [1.807, 2.05) is 30.1 Å². The molecule has 5 rings (SSSR count). The van der Waals surface area contributed by atoms with Gasteiger partial charge in [0.2, 0.25) is 5.88 Å². The van der Waals surface area contributed by atoms with Gasteiger partial charge in [0.25, 0.3) is 5.56 Å². The first-order valence-electron chi connectivity index (χ1n) is 10.0. The zero-order chi connectivity index (χ0) is 21.7. The minimum absolute atomic E-state index is 0.130. The van der Waals surface area contributed by atoms with Gasteiger partial charge in [-0.15, -0.1) is 0 Å². The van der Waals surface area contributed by atoms with Crippen LogP contribution in [-0.2, 0) is 6.42 Å². The first-order chi connectivity index (χ1) is 15.0. The normalized spacial score (nSPS) is 16.4. The van der Waals surface area contributed by atoms with Gasteiger partial charge in [0, 0.05) is 23.1 Å². The van der Waals surface area contributed by atoms with E-state index in [9.17, 15) is 14.7 Å². The highest BCUT2D eigenvalue weighted by Crippen LogP contribution is 2.39. The Morgan fingerprint density at radius 1 is 1.06 bits per heavy atom. The molecule has 8 nitrogen and oxygen atoms in total. The third-order valence-corrected chi connectivity index (χ3v) is 6.00. The predicted octanol–water partition coefficient (Wildman–Crippen LogP) is 2.30. The molecule has 0 saturated carbocycles. The topological polar surface area (TPSA) is 103 Å². The highest BCUT2D eigenvalue weighted by atomic mass is 16.5. The Kier molecular flexibility index (Phi) is 4.44. The highest BCUT2D eigenvalue weighted by Gasteiger charge is 2.34. The predicted molar refractivity (Wildman–Crippen MR) is 117 cm³/mol. The summed E-state index contributed by atoms with van der Waals surface area (Å²) in [5.74, 6) is 0.248. The molecule has 3 N–H and O–H groups in total. The maximum atomic E-state index is 12.9. The van der Waals surface area contributed by atoms with Gasteiger partial charge in [-0.1, -0.05) is 18.2 Å². The van der Waals surface area contributed by atoms with Crippen molar-refractivity contribution >= 4 is 10.9 Å². The summed E-state index contributed by atoms with van der Waals surface area (Å²) >= 11 is 0. The zero-order valence-electron chi connectivity index (χ0n) is 17.2. The van der Waals surface area contributed by atoms with Crippen molar-refractivity contribution in [3.63, 3.8) is 0 Å². The Morgan fingerprint density at radius 2 is 1.81 bits per heavy atom. The lowest BCUT2D eigenvalue weighted by molar-refractivity contribution is 0.252. The Hall–Kier alpha value is -3.78. The number of rotatable bonds is 3. The first-order valence-corrected chi connectivity index (χ1v) is 10.0. The number of methoxy groups -OCH3 is 1. The molecule has 4 aromatic rings. The summed E-state index contributed by atoms with van der Waals surface area (Å²) in [7, 11) is 3.45. The van der Waals surface area contributed by atoms with Gasteiger partial charge in [-0.05, 0) is 49.4 Å². The molecule has 0 radical (unpaired) electrons. The van der Waals surface area contributed by atoms with E-state index < -0.39 is 17.3 Å². The Bertz CT molecular complexity index is 1400. The largest absolute Gasteiger partial charge is 0.497 e. The molecule has 158 valence electrons. The number of benzene rings is 2. The molecule has 0 spiro atoms. The van der Waals surface area contributed by atoms with Crippen LogP contribution in [0.3, 0.4) is 0 Å². The van der Waals surface area contributed by atoms with Crippen molar-refractivity contribution in [2.45, 2.75) is 12.5 Å². The second-order valence-electron chi connectivity index (χ2n) is 7.73. The van der Waals surface area contributed by atoms with Crippen LogP contribution in [-0.4, -0.2) is 45.2 Å². The van der Waals surface area contributed by atoms with Gasteiger partial charge < -0.3 is 14.8 Å². The maximum absolute atomic E-state index is 12.9. The molecular weight excluding hydrogens is 396 g/mol. The van der Waals surface area contributed by atoms with E-state index in [1.54, 1.807) is 31.4 Å². The molecule has 1 atom stereocenters. The fourth-order valence-electron chi connectivity index (χ4n) is 4.48. The van der Waals surface area contributed by atoms with E-state index in [2.05, 4.69) is 16.0 Å². The molecule has 2 aromatic heterocycles. The molecule has 1 aliphatic heterocycles. The smallest absolute Gasteiger partial charge is 0.335 e. The van der Waals surface area contributed by atoms with Crippen molar-refractivity contribution in [1.29, 1.82) is 0 Å². The van der Waals surface area contributed by atoms with E-state index in [1.165, 1.54) is 0 Å². The lowest BCUT2D eigenvalue weighted by Crippen LogP contribution is -2.39. The SMILES string of the molecule is COc1ccc(-n2c(O)c(C3c4[nH]c5ccccc5c4CCN3C)c(=O)[nH]c2=O)cc1. The fraction of sp³-hybridized carbons (Fsp3) is 0.217. The van der Waals surface area contributed by atoms with Gasteiger partial charge in [-0.25, -0.2) is 9.36 Å². The molecule has 1 aliphatic rings. The minimum atomic E-state index is -0.702. The number of aromatic nitrogens is 3. The van der Waals surface area contributed by atoms with Gasteiger partial charge in [0.15, 0.2) is 0 Å². The summed E-state index contributed by atoms with van der Waals surface area (Å²) in [4.78, 5) is 33.4. The van der Waals surface area contributed by atoms with Crippen LogP contribution in [0.15, 0.2) is 58.1 Å². The molecule has 0 fully saturated rings. The second kappa shape index (κ2) is 7.17. The second-order valence-corrected chi connectivity index (χ2v) is 7.73. The summed E-state index contributed by atoms with van der Waals surface area (Å²) in [6.45, 7) is 0.708. The number of aromatic amines is 2. The number of nitrogens with zero attached hydrogens (tertiary/aromatic N) is 2. The summed E-state index contributed by atoms with van der Waals surface area (Å²) in [5.41, 5.74) is 2.21. The molecule has 0 saturated heterocycles. The third-order valence-electron chi connectivity index (χ3n) is 6.00. The Labute approximate surface area is 177 Å². The Morgan fingerprint density at radius 3 is 2.55 bits per heavy atom. The van der Waals surface area contributed by atoms with Crippen molar-refractivity contribution in [2.75, 3.05) is 20.7 Å². The van der Waals surface area contributed by atoms with E-state index in [-0.39, 0.29) is 11.4 Å². The average Bonchev–Trinajstić information content (AvgIpc) is 3.14. The monoisotopic (exact) mass is 418 g/mol. The van der Waals surface area contributed by atoms with E-state index in [4.69, 9.17) is 4.74 Å². The van der Waals surface area contributed by atoms with Crippen LogP contribution in [0.2, 0.25) is 0 Å². The van der Waals surface area contributed by atoms with E-state index >= 15 is 0 Å². The van der Waals surface area contributed by atoms with Gasteiger partial charge in [-0.3, -0.25) is 14.7 Å². The summed E-state index contributed by atoms with van der Waals surface area (Å²) < 4.78 is 6.28. The van der Waals surface area contributed by atoms with E-state index in [0.717, 1.165) is 33.1 Å². The van der Waals surface area contributed by atoms with Crippen LogP contribution in [0.25, 0.3) is 16.6 Å². The van der Waals surface area contributed by atoms with Crippen LogP contribution >= 0.6 is 0 Å². The first kappa shape index (κ1) is 19.2. The lowest BCUT2D eigenvalue weighted by atomic mass is 9.94. The van der Waals surface area contributed by atoms with Gasteiger partial charge in [0.05, 0.1) is 18.8 Å². The molecule has 0 amide bonds. The number of likely N-dealkylation sites (N-methyl/N-ethyl adjacent to an activating group) is 1. The number of hydrogen-bond acceptors (Lipinski definition) is 5. The summed E-state index contributed by atoms with van der Waals surface area (Å²) in [5, 5.41) is 12.3. The van der Waals surface area contributed by atoms with Gasteiger partial charge in [0.1, 0.15) is 11.3 Å². The van der Waals surface area contributed by atoms with Gasteiger partial charge >= 0.3 is 5.69 Å². The summed E-state index contributed by atoms with van der Waals surface area (Å²) in [6, 6.07) is 14.1. The maximum Gasteiger partial charge on any atom is 0.335 e. The van der Waals surface area contributed by atoms with Crippen molar-refractivity contribution in [3.8, 4) is 17.3 Å². The fourth-order valence-corrected chi connectivity index (χ4v) is 4.48. The molecule has 3 heterocycles. The molecular formula is C23H22N4O4. The van der Waals surface area contributed by atoms with Crippen LogP contribution in [0.1, 0.15) is 22.9 Å². The number of ether oxygens (including phenoxy) is 1. The zero-order valence-corrected chi connectivity index (χ0v) is 17.2. The van der Waals surface area contributed by atoms with Crippen LogP contribution in [0.4, 0.5) is 0 Å². The minimum Gasteiger partial charge on any atom is -0.497 e. The van der Waals surface area contributed by atoms with Crippen LogP contribution in [0, 0.1) is 0 Å². The number of fused-ring (bicyclic) bond motifs is 3. The molecule has 1 unspecified atom stereocenters.